The third kappa shape index (κ3) is 4.07. The van der Waals surface area contributed by atoms with E-state index in [2.05, 4.69) is 32.5 Å². The van der Waals surface area contributed by atoms with Gasteiger partial charge in [-0.3, -0.25) is 9.59 Å². The number of benzene rings is 2. The van der Waals surface area contributed by atoms with Crippen LogP contribution in [-0.4, -0.2) is 28.3 Å². The van der Waals surface area contributed by atoms with Gasteiger partial charge in [-0.25, -0.2) is 9.37 Å². The number of anilines is 6. The topological polar surface area (TPSA) is 99.3 Å². The number of hydrogen-bond donors (Lipinski definition) is 3. The van der Waals surface area contributed by atoms with Crippen molar-refractivity contribution in [2.24, 2.45) is 0 Å². The minimum absolute atomic E-state index is 0.00745. The van der Waals surface area contributed by atoms with E-state index in [4.69, 9.17) is 0 Å². The summed E-state index contributed by atoms with van der Waals surface area (Å²) >= 11 is 0. The van der Waals surface area contributed by atoms with E-state index in [-0.39, 0.29) is 29.0 Å². The third-order valence-corrected chi connectivity index (χ3v) is 6.08. The Hall–Kier alpha value is -4.27. The second-order valence-electron chi connectivity index (χ2n) is 8.54. The molecule has 2 amide bonds. The molecule has 0 saturated heterocycles. The Morgan fingerprint density at radius 1 is 1.09 bits per heavy atom. The second kappa shape index (κ2) is 8.26. The monoisotopic (exact) mass is 458 g/mol. The van der Waals surface area contributed by atoms with Gasteiger partial charge in [-0.05, 0) is 60.9 Å². The van der Waals surface area contributed by atoms with Crippen LogP contribution >= 0.6 is 0 Å². The molecule has 1 saturated carbocycles. The molecule has 2 aromatic carbocycles. The zero-order valence-corrected chi connectivity index (χ0v) is 18.6. The minimum Gasteiger partial charge on any atom is -0.338 e. The van der Waals surface area contributed by atoms with E-state index in [9.17, 15) is 14.0 Å². The lowest BCUT2D eigenvalue weighted by Gasteiger charge is -2.16. The highest BCUT2D eigenvalue weighted by Crippen LogP contribution is 2.57. The van der Waals surface area contributed by atoms with E-state index < -0.39 is 5.82 Å². The van der Waals surface area contributed by atoms with Gasteiger partial charge in [0.25, 0.3) is 0 Å². The summed E-state index contributed by atoms with van der Waals surface area (Å²) in [5.41, 5.74) is 3.95. The van der Waals surface area contributed by atoms with Crippen LogP contribution < -0.4 is 20.9 Å². The Balaban J connectivity index is 1.36. The molecular formula is C25H23FN6O2. The molecule has 5 rings (SSSR count). The van der Waals surface area contributed by atoms with E-state index in [0.29, 0.717) is 23.6 Å². The lowest BCUT2D eigenvalue weighted by molar-refractivity contribution is -0.115. The Morgan fingerprint density at radius 2 is 1.79 bits per heavy atom. The number of carbonyl (C=O) groups is 2. The lowest BCUT2D eigenvalue weighted by atomic mass is 9.98. The third-order valence-electron chi connectivity index (χ3n) is 6.08. The fourth-order valence-corrected chi connectivity index (χ4v) is 4.26. The number of rotatable bonds is 6. The second-order valence-corrected chi connectivity index (χ2v) is 8.54. The summed E-state index contributed by atoms with van der Waals surface area (Å²) in [6.07, 6.45) is 4.50. The number of halogens is 1. The number of nitrogens with zero attached hydrogens (tertiary/aromatic N) is 3. The van der Waals surface area contributed by atoms with Crippen LogP contribution in [0.2, 0.25) is 0 Å². The van der Waals surface area contributed by atoms with Crippen LogP contribution in [0, 0.1) is 5.82 Å². The van der Waals surface area contributed by atoms with Gasteiger partial charge in [0, 0.05) is 41.6 Å². The smallest absolute Gasteiger partial charge is 0.250 e. The average molecular weight is 458 g/mol. The summed E-state index contributed by atoms with van der Waals surface area (Å²) in [4.78, 5) is 33.5. The van der Waals surface area contributed by atoms with Crippen LogP contribution in [0.25, 0.3) is 0 Å². The summed E-state index contributed by atoms with van der Waals surface area (Å²) in [5.74, 6) is -0.698. The van der Waals surface area contributed by atoms with Gasteiger partial charge in [-0.1, -0.05) is 12.6 Å². The van der Waals surface area contributed by atoms with Crippen molar-refractivity contribution < 1.29 is 14.0 Å². The number of aromatic nitrogens is 2. The Labute approximate surface area is 195 Å². The van der Waals surface area contributed by atoms with Crippen molar-refractivity contribution >= 4 is 46.3 Å². The summed E-state index contributed by atoms with van der Waals surface area (Å²) in [7, 11) is 0. The molecule has 3 N–H and O–H groups in total. The lowest BCUT2D eigenvalue weighted by Crippen LogP contribution is -2.29. The van der Waals surface area contributed by atoms with Gasteiger partial charge in [0.2, 0.25) is 17.8 Å². The molecule has 172 valence electrons. The SMILES string of the molecule is C=CC(=O)N1CC2(CC2)c2ccc(Nc3nc(Nc4ccc(NC(C)=O)cc4)ncc3F)cc21. The van der Waals surface area contributed by atoms with Crippen molar-refractivity contribution in [3.05, 3.63) is 72.7 Å². The molecular weight excluding hydrogens is 435 g/mol. The predicted molar refractivity (Wildman–Crippen MR) is 129 cm³/mol. The summed E-state index contributed by atoms with van der Waals surface area (Å²) in [6, 6.07) is 12.7. The van der Waals surface area contributed by atoms with Gasteiger partial charge in [-0.2, -0.15) is 4.98 Å². The van der Waals surface area contributed by atoms with Gasteiger partial charge < -0.3 is 20.9 Å². The number of nitrogens with one attached hydrogen (secondary N) is 3. The highest BCUT2D eigenvalue weighted by Gasteiger charge is 2.52. The van der Waals surface area contributed by atoms with Crippen LogP contribution in [0.15, 0.2) is 61.3 Å². The molecule has 9 heteroatoms. The maximum atomic E-state index is 14.5. The molecule has 1 spiro atoms. The highest BCUT2D eigenvalue weighted by molar-refractivity contribution is 6.04. The summed E-state index contributed by atoms with van der Waals surface area (Å²) < 4.78 is 14.5. The van der Waals surface area contributed by atoms with Crippen molar-refractivity contribution in [1.29, 1.82) is 0 Å². The first-order valence-corrected chi connectivity index (χ1v) is 10.9. The first-order valence-electron chi connectivity index (χ1n) is 10.9. The fourth-order valence-electron chi connectivity index (χ4n) is 4.26. The van der Waals surface area contributed by atoms with E-state index in [1.165, 1.54) is 13.0 Å². The summed E-state index contributed by atoms with van der Waals surface area (Å²) in [5, 5.41) is 8.72. The molecule has 2 heterocycles. The molecule has 3 aromatic rings. The van der Waals surface area contributed by atoms with E-state index in [1.807, 2.05) is 18.2 Å². The first-order chi connectivity index (χ1) is 16.4. The number of fused-ring (bicyclic) bond motifs is 2. The molecule has 1 aliphatic heterocycles. The Bertz CT molecular complexity index is 1300. The van der Waals surface area contributed by atoms with Gasteiger partial charge in [0.15, 0.2) is 11.6 Å². The molecule has 1 aromatic heterocycles. The van der Waals surface area contributed by atoms with Gasteiger partial charge >= 0.3 is 0 Å². The molecule has 0 radical (unpaired) electrons. The van der Waals surface area contributed by atoms with Crippen LogP contribution in [0.5, 0.6) is 0 Å². The molecule has 1 fully saturated rings. The van der Waals surface area contributed by atoms with Crippen molar-refractivity contribution in [2.75, 3.05) is 27.4 Å². The quantitative estimate of drug-likeness (QED) is 0.466. The molecule has 34 heavy (non-hydrogen) atoms. The molecule has 1 aliphatic carbocycles. The van der Waals surface area contributed by atoms with Crippen LogP contribution in [0.4, 0.5) is 38.9 Å². The Kier molecular flexibility index (Phi) is 5.24. The van der Waals surface area contributed by atoms with Crippen molar-refractivity contribution in [3.8, 4) is 0 Å². The first kappa shape index (κ1) is 21.6. The number of amides is 2. The summed E-state index contributed by atoms with van der Waals surface area (Å²) in [6.45, 7) is 5.69. The minimum atomic E-state index is -0.607. The fraction of sp³-hybridized carbons (Fsp3) is 0.200. The van der Waals surface area contributed by atoms with Gasteiger partial charge in [0.05, 0.1) is 6.20 Å². The Morgan fingerprint density at radius 3 is 2.47 bits per heavy atom. The van der Waals surface area contributed by atoms with Gasteiger partial charge in [0.1, 0.15) is 0 Å². The number of carbonyl (C=O) groups excluding carboxylic acids is 2. The van der Waals surface area contributed by atoms with Crippen LogP contribution in [-0.2, 0) is 15.0 Å². The van der Waals surface area contributed by atoms with E-state index >= 15 is 0 Å². The molecule has 0 unspecified atom stereocenters. The van der Waals surface area contributed by atoms with Crippen LogP contribution in [0.3, 0.4) is 0 Å². The largest absolute Gasteiger partial charge is 0.338 e. The maximum Gasteiger partial charge on any atom is 0.250 e. The van der Waals surface area contributed by atoms with Crippen molar-refractivity contribution in [3.63, 3.8) is 0 Å². The van der Waals surface area contributed by atoms with Crippen LogP contribution in [0.1, 0.15) is 25.3 Å². The molecule has 2 aliphatic rings. The molecule has 8 nitrogen and oxygen atoms in total. The van der Waals surface area contributed by atoms with E-state index in [1.54, 1.807) is 29.2 Å². The molecule has 0 bridgehead atoms. The zero-order chi connectivity index (χ0) is 23.9. The molecule has 0 atom stereocenters. The average Bonchev–Trinajstić information content (AvgIpc) is 3.53. The number of hydrogen-bond acceptors (Lipinski definition) is 6. The van der Waals surface area contributed by atoms with Gasteiger partial charge in [-0.15, -0.1) is 0 Å². The predicted octanol–water partition coefficient (Wildman–Crippen LogP) is 4.63. The zero-order valence-electron chi connectivity index (χ0n) is 18.6. The maximum absolute atomic E-state index is 14.5. The van der Waals surface area contributed by atoms with Crippen molar-refractivity contribution in [2.45, 2.75) is 25.2 Å². The standard InChI is InChI=1S/C25H23FN6O2/c1-3-22(34)32-14-25(10-11-25)19-9-8-18(12-21(19)32)29-23-20(26)13-27-24(31-23)30-17-6-4-16(5-7-17)28-15(2)33/h3-9,12-13H,1,10-11,14H2,2H3,(H,28,33)(H2,27,29,30,31). The van der Waals surface area contributed by atoms with E-state index in [0.717, 1.165) is 30.3 Å². The highest BCUT2D eigenvalue weighted by atomic mass is 19.1. The normalized spacial score (nSPS) is 14.9. The van der Waals surface area contributed by atoms with Crippen molar-refractivity contribution in [1.82, 2.24) is 9.97 Å².